The van der Waals surface area contributed by atoms with Crippen LogP contribution in [-0.4, -0.2) is 25.4 Å². The maximum atomic E-state index is 12.4. The summed E-state index contributed by atoms with van der Waals surface area (Å²) in [6, 6.07) is 13.4. The molecule has 0 aliphatic carbocycles. The van der Waals surface area contributed by atoms with E-state index in [0.29, 0.717) is 32.4 Å². The number of halogens is 3. The van der Waals surface area contributed by atoms with Crippen LogP contribution in [0.5, 0.6) is 0 Å². The van der Waals surface area contributed by atoms with Gasteiger partial charge in [0.25, 0.3) is 0 Å². The Hall–Kier alpha value is -1.73. The first-order valence-electron chi connectivity index (χ1n) is 8.54. The molecule has 0 saturated carbocycles. The van der Waals surface area contributed by atoms with Crippen LogP contribution in [0.2, 0.25) is 10.0 Å². The zero-order chi connectivity index (χ0) is 21.2. The summed E-state index contributed by atoms with van der Waals surface area (Å²) in [6.45, 7) is 0. The molecule has 3 aromatic rings. The fourth-order valence-corrected chi connectivity index (χ4v) is 4.49. The molecule has 0 unspecified atom stereocenters. The van der Waals surface area contributed by atoms with Crippen LogP contribution in [0.4, 0.5) is 0 Å². The Morgan fingerprint density at radius 3 is 2.14 bits per heavy atom. The Balaban J connectivity index is 1.80. The van der Waals surface area contributed by atoms with Gasteiger partial charge in [-0.05, 0) is 63.5 Å². The number of benzene rings is 2. The highest BCUT2D eigenvalue weighted by Crippen LogP contribution is 2.36. The van der Waals surface area contributed by atoms with Crippen molar-refractivity contribution >= 4 is 54.8 Å². The van der Waals surface area contributed by atoms with Crippen molar-refractivity contribution in [3.8, 4) is 11.1 Å². The molecule has 1 heterocycles. The molecule has 0 spiro atoms. The van der Waals surface area contributed by atoms with Crippen molar-refractivity contribution in [2.45, 2.75) is 17.7 Å². The molecule has 0 fully saturated rings. The molecule has 2 aromatic carbocycles. The van der Waals surface area contributed by atoms with Gasteiger partial charge in [0.2, 0.25) is 0 Å². The number of ketones is 1. The van der Waals surface area contributed by atoms with E-state index in [0.717, 1.165) is 10.7 Å². The number of pyridine rings is 1. The molecule has 0 atom stereocenters. The molecule has 4 nitrogen and oxygen atoms in total. The first kappa shape index (κ1) is 22.0. The highest BCUT2D eigenvalue weighted by Gasteiger charge is 2.14. The molecule has 0 aliphatic rings. The second-order valence-electron chi connectivity index (χ2n) is 6.59. The van der Waals surface area contributed by atoms with Gasteiger partial charge in [0.15, 0.2) is 9.84 Å². The number of Topliss-reactive ketones (excluding diaryl/α,β-unsaturated/α-hetero) is 1. The van der Waals surface area contributed by atoms with Crippen molar-refractivity contribution in [1.29, 1.82) is 0 Å². The van der Waals surface area contributed by atoms with Crippen LogP contribution in [0.3, 0.4) is 0 Å². The molecular weight excluding hydrogens is 497 g/mol. The Kier molecular flexibility index (Phi) is 6.79. The fraction of sp³-hybridized carbons (Fsp3) is 0.143. The second-order valence-corrected chi connectivity index (χ2v) is 10.3. The number of carbonyl (C=O) groups excluding carboxylic acids is 1. The number of carbonyl (C=O) groups is 1. The molecule has 0 bridgehead atoms. The molecule has 0 aliphatic heterocycles. The third kappa shape index (κ3) is 5.66. The number of rotatable bonds is 6. The van der Waals surface area contributed by atoms with Crippen LogP contribution in [0, 0.1) is 0 Å². The van der Waals surface area contributed by atoms with E-state index in [1.807, 2.05) is 6.07 Å². The van der Waals surface area contributed by atoms with E-state index in [2.05, 4.69) is 20.9 Å². The third-order valence-corrected chi connectivity index (χ3v) is 6.43. The molecular formula is C21H16BrCl2NO3S. The number of hydrogen-bond acceptors (Lipinski definition) is 4. The number of nitrogens with zero attached hydrogens (tertiary/aromatic N) is 1. The summed E-state index contributed by atoms with van der Waals surface area (Å²) < 4.78 is 24.1. The summed E-state index contributed by atoms with van der Waals surface area (Å²) in [4.78, 5) is 16.8. The molecule has 150 valence electrons. The van der Waals surface area contributed by atoms with Crippen LogP contribution >= 0.6 is 39.1 Å². The van der Waals surface area contributed by atoms with E-state index in [4.69, 9.17) is 23.2 Å². The SMILES string of the molecule is CS(=O)(=O)c1ccc(-c2c(Cl)cc(CC(=O)Cc3ccc(Br)cn3)cc2Cl)cc1. The van der Waals surface area contributed by atoms with E-state index < -0.39 is 9.84 Å². The summed E-state index contributed by atoms with van der Waals surface area (Å²) in [5, 5.41) is 0.795. The van der Waals surface area contributed by atoms with Gasteiger partial charge >= 0.3 is 0 Å². The van der Waals surface area contributed by atoms with Gasteiger partial charge in [-0.2, -0.15) is 0 Å². The van der Waals surface area contributed by atoms with Gasteiger partial charge in [-0.25, -0.2) is 8.42 Å². The largest absolute Gasteiger partial charge is 0.299 e. The summed E-state index contributed by atoms with van der Waals surface area (Å²) in [5.41, 5.74) is 2.69. The van der Waals surface area contributed by atoms with Crippen LogP contribution in [-0.2, 0) is 27.5 Å². The van der Waals surface area contributed by atoms with Crippen molar-refractivity contribution in [3.63, 3.8) is 0 Å². The highest BCUT2D eigenvalue weighted by atomic mass is 79.9. The molecule has 0 saturated heterocycles. The van der Waals surface area contributed by atoms with Crippen LogP contribution < -0.4 is 0 Å². The van der Waals surface area contributed by atoms with Crippen molar-refractivity contribution in [2.75, 3.05) is 6.26 Å². The van der Waals surface area contributed by atoms with Crippen LogP contribution in [0.15, 0.2) is 64.1 Å². The molecule has 8 heteroatoms. The maximum Gasteiger partial charge on any atom is 0.175 e. The van der Waals surface area contributed by atoms with E-state index in [-0.39, 0.29) is 23.5 Å². The highest BCUT2D eigenvalue weighted by molar-refractivity contribution is 9.10. The second kappa shape index (κ2) is 8.96. The lowest BCUT2D eigenvalue weighted by atomic mass is 10.0. The van der Waals surface area contributed by atoms with E-state index in [1.165, 1.54) is 12.1 Å². The van der Waals surface area contributed by atoms with Gasteiger partial charge < -0.3 is 0 Å². The minimum absolute atomic E-state index is 0.00258. The number of hydrogen-bond donors (Lipinski definition) is 0. The van der Waals surface area contributed by atoms with Crippen molar-refractivity contribution in [2.24, 2.45) is 0 Å². The smallest absolute Gasteiger partial charge is 0.175 e. The first-order valence-corrected chi connectivity index (χ1v) is 12.0. The average molecular weight is 513 g/mol. The van der Waals surface area contributed by atoms with Gasteiger partial charge in [-0.15, -0.1) is 0 Å². The summed E-state index contributed by atoms with van der Waals surface area (Å²) in [5.74, 6) is -0.00258. The lowest BCUT2D eigenvalue weighted by Gasteiger charge is -2.11. The van der Waals surface area contributed by atoms with E-state index in [9.17, 15) is 13.2 Å². The predicted molar refractivity (Wildman–Crippen MR) is 119 cm³/mol. The minimum Gasteiger partial charge on any atom is -0.299 e. The number of aromatic nitrogens is 1. The lowest BCUT2D eigenvalue weighted by Crippen LogP contribution is -2.08. The van der Waals surface area contributed by atoms with Gasteiger partial charge in [0.1, 0.15) is 5.78 Å². The minimum atomic E-state index is -3.28. The van der Waals surface area contributed by atoms with Crippen molar-refractivity contribution in [3.05, 3.63) is 80.5 Å². The topological polar surface area (TPSA) is 64.1 Å². The quantitative estimate of drug-likeness (QED) is 0.432. The fourth-order valence-electron chi connectivity index (χ4n) is 2.88. The maximum absolute atomic E-state index is 12.4. The summed E-state index contributed by atoms with van der Waals surface area (Å²) >= 11 is 16.2. The third-order valence-electron chi connectivity index (χ3n) is 4.24. The molecule has 3 rings (SSSR count). The van der Waals surface area contributed by atoms with E-state index in [1.54, 1.807) is 36.5 Å². The number of sulfone groups is 1. The van der Waals surface area contributed by atoms with Crippen molar-refractivity contribution in [1.82, 2.24) is 4.98 Å². The predicted octanol–water partition coefficient (Wildman–Crippen LogP) is 5.58. The molecule has 0 N–H and O–H groups in total. The standard InChI is InChI=1S/C21H16BrCl2NO3S/c1-29(27,28)18-6-2-14(3-7-18)21-19(23)9-13(10-20(21)24)8-17(26)11-16-5-4-15(22)12-25-16/h2-7,9-10,12H,8,11H2,1H3. The Morgan fingerprint density at radius 2 is 1.62 bits per heavy atom. The van der Waals surface area contributed by atoms with Gasteiger partial charge in [-0.3, -0.25) is 9.78 Å². The van der Waals surface area contributed by atoms with E-state index >= 15 is 0 Å². The zero-order valence-electron chi connectivity index (χ0n) is 15.3. The molecule has 0 amide bonds. The van der Waals surface area contributed by atoms with Crippen molar-refractivity contribution < 1.29 is 13.2 Å². The normalized spacial score (nSPS) is 11.4. The Labute approximate surface area is 187 Å². The summed E-state index contributed by atoms with van der Waals surface area (Å²) in [7, 11) is -3.28. The van der Waals surface area contributed by atoms with Gasteiger partial charge in [0.05, 0.1) is 14.9 Å². The lowest BCUT2D eigenvalue weighted by molar-refractivity contribution is -0.117. The monoisotopic (exact) mass is 511 g/mol. The average Bonchev–Trinajstić information content (AvgIpc) is 2.63. The van der Waals surface area contributed by atoms with Gasteiger partial charge in [0, 0.05) is 41.0 Å². The Morgan fingerprint density at radius 1 is 1.00 bits per heavy atom. The molecule has 29 heavy (non-hydrogen) atoms. The molecule has 0 radical (unpaired) electrons. The molecule has 1 aromatic heterocycles. The van der Waals surface area contributed by atoms with Crippen LogP contribution in [0.1, 0.15) is 11.3 Å². The van der Waals surface area contributed by atoms with Crippen LogP contribution in [0.25, 0.3) is 11.1 Å². The van der Waals surface area contributed by atoms with Gasteiger partial charge in [-0.1, -0.05) is 35.3 Å². The first-order chi connectivity index (χ1) is 13.6. The Bertz CT molecular complexity index is 1140. The summed E-state index contributed by atoms with van der Waals surface area (Å²) in [6.07, 6.45) is 3.21. The zero-order valence-corrected chi connectivity index (χ0v) is 19.2.